The second kappa shape index (κ2) is 7.64. The summed E-state index contributed by atoms with van der Waals surface area (Å²) in [7, 11) is 0. The number of amides is 1. The van der Waals surface area contributed by atoms with Crippen molar-refractivity contribution in [3.8, 4) is 11.8 Å². The van der Waals surface area contributed by atoms with Crippen LogP contribution < -0.4 is 5.73 Å². The third-order valence-electron chi connectivity index (χ3n) is 1.56. The van der Waals surface area contributed by atoms with E-state index < -0.39 is 5.91 Å². The smallest absolute Gasteiger partial charge is 0.248 e. The summed E-state index contributed by atoms with van der Waals surface area (Å²) in [6.07, 6.45) is 0.806. The van der Waals surface area contributed by atoms with Crippen molar-refractivity contribution in [2.45, 2.75) is 27.2 Å². The number of primary amides is 1. The molecule has 80 valence electrons. The third kappa shape index (κ3) is 4.87. The Morgan fingerprint density at radius 2 is 2.07 bits per heavy atom. The van der Waals surface area contributed by atoms with E-state index >= 15 is 0 Å². The van der Waals surface area contributed by atoms with Gasteiger partial charge in [-0.05, 0) is 18.2 Å². The van der Waals surface area contributed by atoms with Crippen LogP contribution in [0.15, 0.2) is 24.3 Å². The highest BCUT2D eigenvalue weighted by Gasteiger charge is 1.98. The predicted molar refractivity (Wildman–Crippen MR) is 63.5 cm³/mol. The van der Waals surface area contributed by atoms with Crippen LogP contribution in [0.5, 0.6) is 0 Å². The van der Waals surface area contributed by atoms with Crippen LogP contribution in [-0.2, 0) is 0 Å². The highest BCUT2D eigenvalue weighted by atomic mass is 16.1. The fourth-order valence-electron chi connectivity index (χ4n) is 0.941. The van der Waals surface area contributed by atoms with E-state index in [1.54, 1.807) is 18.2 Å². The second-order valence-corrected chi connectivity index (χ2v) is 2.60. The summed E-state index contributed by atoms with van der Waals surface area (Å²) in [6.45, 7) is 5.98. The largest absolute Gasteiger partial charge is 0.366 e. The van der Waals surface area contributed by atoms with Gasteiger partial charge in [-0.1, -0.05) is 38.7 Å². The quantitative estimate of drug-likeness (QED) is 0.700. The molecule has 0 spiro atoms. The van der Waals surface area contributed by atoms with Gasteiger partial charge in [0.15, 0.2) is 0 Å². The van der Waals surface area contributed by atoms with Gasteiger partial charge in [0, 0.05) is 17.5 Å². The van der Waals surface area contributed by atoms with Crippen molar-refractivity contribution in [1.82, 2.24) is 0 Å². The lowest BCUT2D eigenvalue weighted by Gasteiger charge is -1.94. The molecule has 1 amide bonds. The van der Waals surface area contributed by atoms with Crippen molar-refractivity contribution >= 4 is 5.91 Å². The maximum absolute atomic E-state index is 10.8. The molecule has 2 nitrogen and oxygen atoms in total. The standard InChI is InChI=1S/C11H11NO.C2H6/c1-2-3-5-9-6-4-7-10(8-9)11(12)13;1-2/h4,6-8H,2H2,1H3,(H2,12,13);1-2H3. The van der Waals surface area contributed by atoms with Crippen LogP contribution in [0.3, 0.4) is 0 Å². The van der Waals surface area contributed by atoms with Gasteiger partial charge in [0.1, 0.15) is 0 Å². The van der Waals surface area contributed by atoms with E-state index in [2.05, 4.69) is 11.8 Å². The normalized spacial score (nSPS) is 7.93. The molecule has 0 aliphatic heterocycles. The lowest BCUT2D eigenvalue weighted by molar-refractivity contribution is 0.100. The van der Waals surface area contributed by atoms with Crippen LogP contribution >= 0.6 is 0 Å². The Kier molecular flexibility index (Phi) is 6.74. The first-order chi connectivity index (χ1) is 7.24. The Labute approximate surface area is 91.5 Å². The van der Waals surface area contributed by atoms with E-state index in [9.17, 15) is 4.79 Å². The number of nitrogens with two attached hydrogens (primary N) is 1. The molecule has 0 aromatic heterocycles. The molecule has 15 heavy (non-hydrogen) atoms. The Morgan fingerprint density at radius 3 is 2.60 bits per heavy atom. The highest BCUT2D eigenvalue weighted by Crippen LogP contribution is 2.02. The average molecular weight is 203 g/mol. The predicted octanol–water partition coefficient (Wildman–Crippen LogP) is 2.57. The van der Waals surface area contributed by atoms with Crippen molar-refractivity contribution in [3.05, 3.63) is 35.4 Å². The van der Waals surface area contributed by atoms with E-state index in [1.807, 2.05) is 26.8 Å². The zero-order chi connectivity index (χ0) is 11.7. The van der Waals surface area contributed by atoms with Crippen LogP contribution in [0.2, 0.25) is 0 Å². The molecule has 0 radical (unpaired) electrons. The van der Waals surface area contributed by atoms with E-state index in [0.29, 0.717) is 5.56 Å². The maximum Gasteiger partial charge on any atom is 0.248 e. The number of carbonyl (C=O) groups excluding carboxylic acids is 1. The first kappa shape index (κ1) is 13.2. The fourth-order valence-corrected chi connectivity index (χ4v) is 0.941. The summed E-state index contributed by atoms with van der Waals surface area (Å²) in [5, 5.41) is 0. The van der Waals surface area contributed by atoms with Gasteiger partial charge in [0.25, 0.3) is 0 Å². The molecule has 1 rings (SSSR count). The van der Waals surface area contributed by atoms with Crippen molar-refractivity contribution in [2.24, 2.45) is 5.73 Å². The lowest BCUT2D eigenvalue weighted by Crippen LogP contribution is -2.10. The minimum absolute atomic E-state index is 0.417. The van der Waals surface area contributed by atoms with Gasteiger partial charge >= 0.3 is 0 Å². The van der Waals surface area contributed by atoms with Crippen molar-refractivity contribution in [3.63, 3.8) is 0 Å². The zero-order valence-electron chi connectivity index (χ0n) is 9.50. The molecule has 0 bridgehead atoms. The van der Waals surface area contributed by atoms with Gasteiger partial charge in [-0.15, -0.1) is 0 Å². The van der Waals surface area contributed by atoms with Gasteiger partial charge in [-0.3, -0.25) is 4.79 Å². The minimum atomic E-state index is -0.417. The Hall–Kier alpha value is -1.75. The van der Waals surface area contributed by atoms with Gasteiger partial charge in [0.05, 0.1) is 0 Å². The zero-order valence-corrected chi connectivity index (χ0v) is 9.50. The molecule has 0 saturated heterocycles. The monoisotopic (exact) mass is 203 g/mol. The van der Waals surface area contributed by atoms with E-state index in [4.69, 9.17) is 5.73 Å². The van der Waals surface area contributed by atoms with Gasteiger partial charge in [-0.2, -0.15) is 0 Å². The molecular weight excluding hydrogens is 186 g/mol. The van der Waals surface area contributed by atoms with Crippen LogP contribution in [0.1, 0.15) is 43.1 Å². The van der Waals surface area contributed by atoms with Gasteiger partial charge in [-0.25, -0.2) is 0 Å². The summed E-state index contributed by atoms with van der Waals surface area (Å²) in [4.78, 5) is 10.8. The van der Waals surface area contributed by atoms with Gasteiger partial charge < -0.3 is 5.73 Å². The Bertz CT molecular complexity index is 372. The molecule has 0 aliphatic rings. The van der Waals surface area contributed by atoms with Crippen LogP contribution in [0.25, 0.3) is 0 Å². The number of rotatable bonds is 1. The third-order valence-corrected chi connectivity index (χ3v) is 1.56. The molecule has 1 aromatic carbocycles. The number of benzene rings is 1. The van der Waals surface area contributed by atoms with E-state index in [0.717, 1.165) is 12.0 Å². The molecule has 0 atom stereocenters. The van der Waals surface area contributed by atoms with Crippen LogP contribution in [-0.4, -0.2) is 5.91 Å². The SMILES string of the molecule is CC.CCC#Cc1cccc(C(N)=O)c1. The second-order valence-electron chi connectivity index (χ2n) is 2.60. The molecule has 0 heterocycles. The molecular formula is C13H17NO. The number of hydrogen-bond acceptors (Lipinski definition) is 1. The van der Waals surface area contributed by atoms with Crippen molar-refractivity contribution < 1.29 is 4.79 Å². The summed E-state index contributed by atoms with van der Waals surface area (Å²) in [5.74, 6) is 5.44. The fraction of sp³-hybridized carbons (Fsp3) is 0.308. The number of carbonyl (C=O) groups is 1. The van der Waals surface area contributed by atoms with E-state index in [-0.39, 0.29) is 0 Å². The van der Waals surface area contributed by atoms with Crippen molar-refractivity contribution in [1.29, 1.82) is 0 Å². The molecule has 0 fully saturated rings. The molecule has 0 saturated carbocycles. The van der Waals surface area contributed by atoms with Crippen LogP contribution in [0.4, 0.5) is 0 Å². The molecule has 0 aliphatic carbocycles. The molecule has 0 unspecified atom stereocenters. The Balaban J connectivity index is 0.000000921. The summed E-state index contributed by atoms with van der Waals surface area (Å²) < 4.78 is 0. The first-order valence-corrected chi connectivity index (χ1v) is 5.12. The number of hydrogen-bond donors (Lipinski definition) is 1. The van der Waals surface area contributed by atoms with Crippen LogP contribution in [0, 0.1) is 11.8 Å². The summed E-state index contributed by atoms with van der Waals surface area (Å²) in [6, 6.07) is 7.01. The average Bonchev–Trinajstić information content (AvgIpc) is 2.29. The first-order valence-electron chi connectivity index (χ1n) is 5.12. The molecule has 2 N–H and O–H groups in total. The minimum Gasteiger partial charge on any atom is -0.366 e. The topological polar surface area (TPSA) is 43.1 Å². The lowest BCUT2D eigenvalue weighted by atomic mass is 10.1. The Morgan fingerprint density at radius 1 is 1.40 bits per heavy atom. The van der Waals surface area contributed by atoms with Crippen molar-refractivity contribution in [2.75, 3.05) is 0 Å². The maximum atomic E-state index is 10.8. The molecule has 1 aromatic rings. The summed E-state index contributed by atoms with van der Waals surface area (Å²) >= 11 is 0. The van der Waals surface area contributed by atoms with E-state index in [1.165, 1.54) is 0 Å². The molecule has 2 heteroatoms. The highest BCUT2D eigenvalue weighted by molar-refractivity contribution is 5.93. The van der Waals surface area contributed by atoms with Gasteiger partial charge in [0.2, 0.25) is 5.91 Å². The summed E-state index contributed by atoms with van der Waals surface area (Å²) in [5.41, 5.74) is 6.46.